The molecule has 0 radical (unpaired) electrons. The molecule has 0 amide bonds. The second-order valence-electron chi connectivity index (χ2n) is 5.16. The number of ketones is 2. The molecule has 1 aliphatic heterocycles. The molecule has 6 atom stereocenters. The first-order chi connectivity index (χ1) is 7.27. The van der Waals surface area contributed by atoms with Crippen LogP contribution in [-0.4, -0.2) is 23.8 Å². The molecule has 15 heavy (non-hydrogen) atoms. The van der Waals surface area contributed by atoms with E-state index in [1.54, 1.807) is 0 Å². The third kappa shape index (κ3) is 0.858. The van der Waals surface area contributed by atoms with Gasteiger partial charge in [-0.15, -0.1) is 0 Å². The first-order valence-electron chi connectivity index (χ1n) is 5.68. The predicted molar refractivity (Wildman–Crippen MR) is 51.0 cm³/mol. The summed E-state index contributed by atoms with van der Waals surface area (Å²) in [5.41, 5.74) is 0. The molecule has 3 saturated carbocycles. The normalized spacial score (nSPS) is 55.2. The maximum atomic E-state index is 11.8. The Morgan fingerprint density at radius 2 is 1.40 bits per heavy atom. The Balaban J connectivity index is 1.84. The van der Waals surface area contributed by atoms with Crippen LogP contribution in [0.3, 0.4) is 0 Å². The third-order valence-electron chi connectivity index (χ3n) is 4.62. The van der Waals surface area contributed by atoms with Gasteiger partial charge in [0.1, 0.15) is 0 Å². The average Bonchev–Trinajstić information content (AvgIpc) is 3.04. The van der Waals surface area contributed by atoms with Gasteiger partial charge >= 0.3 is 0 Å². The Labute approximate surface area is 87.5 Å². The summed E-state index contributed by atoms with van der Waals surface area (Å²) in [6.07, 6.45) is 5.68. The maximum Gasteiger partial charge on any atom is 0.160 e. The standard InChI is InChI=1S/C12H12O3/c13-7-3-4-8(14)10-6-2-1-5(9(7)10)11-12(6)15-11/h3-6,9-12H,1-2H2/t5-,6+,9?,10?,11-,12+. The van der Waals surface area contributed by atoms with Gasteiger partial charge in [0.25, 0.3) is 0 Å². The van der Waals surface area contributed by atoms with Crippen LogP contribution in [0.1, 0.15) is 12.8 Å². The minimum atomic E-state index is -0.0509. The lowest BCUT2D eigenvalue weighted by Crippen LogP contribution is -2.52. The van der Waals surface area contributed by atoms with Crippen molar-refractivity contribution in [2.24, 2.45) is 23.7 Å². The Morgan fingerprint density at radius 3 is 1.87 bits per heavy atom. The van der Waals surface area contributed by atoms with E-state index in [9.17, 15) is 9.59 Å². The molecule has 5 aliphatic rings. The molecular formula is C12H12O3. The zero-order chi connectivity index (χ0) is 10.2. The molecule has 0 N–H and O–H groups in total. The van der Waals surface area contributed by atoms with Crippen LogP contribution in [0, 0.1) is 23.7 Å². The average molecular weight is 204 g/mol. The summed E-state index contributed by atoms with van der Waals surface area (Å²) in [5.74, 6) is 0.860. The van der Waals surface area contributed by atoms with Gasteiger partial charge in [0, 0.05) is 11.8 Å². The molecule has 4 fully saturated rings. The molecular weight excluding hydrogens is 192 g/mol. The van der Waals surface area contributed by atoms with Gasteiger partial charge in [-0.1, -0.05) is 0 Å². The fourth-order valence-corrected chi connectivity index (χ4v) is 4.00. The Morgan fingerprint density at radius 1 is 0.933 bits per heavy atom. The van der Waals surface area contributed by atoms with E-state index < -0.39 is 0 Å². The van der Waals surface area contributed by atoms with Crippen LogP contribution in [0.25, 0.3) is 0 Å². The number of hydrogen-bond donors (Lipinski definition) is 0. The molecule has 3 nitrogen and oxygen atoms in total. The van der Waals surface area contributed by atoms with Crippen LogP contribution in [0.4, 0.5) is 0 Å². The number of fused-ring (bicyclic) bond motifs is 1. The fraction of sp³-hybridized carbons (Fsp3) is 0.667. The molecule has 1 saturated heterocycles. The highest BCUT2D eigenvalue weighted by Gasteiger charge is 2.66. The van der Waals surface area contributed by atoms with Crippen molar-refractivity contribution in [3.8, 4) is 0 Å². The van der Waals surface area contributed by atoms with Gasteiger partial charge in [-0.25, -0.2) is 0 Å². The van der Waals surface area contributed by atoms with Gasteiger partial charge in [-0.2, -0.15) is 0 Å². The highest BCUT2D eigenvalue weighted by atomic mass is 16.6. The van der Waals surface area contributed by atoms with Crippen molar-refractivity contribution < 1.29 is 14.3 Å². The monoisotopic (exact) mass is 204 g/mol. The van der Waals surface area contributed by atoms with E-state index in [1.165, 1.54) is 12.2 Å². The fourth-order valence-electron chi connectivity index (χ4n) is 4.00. The van der Waals surface area contributed by atoms with Crippen LogP contribution >= 0.6 is 0 Å². The molecule has 78 valence electrons. The van der Waals surface area contributed by atoms with Crippen LogP contribution in [0.15, 0.2) is 12.2 Å². The predicted octanol–water partition coefficient (Wildman–Crippen LogP) is 0.734. The first-order valence-corrected chi connectivity index (χ1v) is 5.68. The largest absolute Gasteiger partial charge is 0.369 e. The van der Waals surface area contributed by atoms with E-state index in [1.807, 2.05) is 0 Å². The van der Waals surface area contributed by atoms with Crippen molar-refractivity contribution >= 4 is 11.6 Å². The summed E-state index contributed by atoms with van der Waals surface area (Å²) in [7, 11) is 0. The van der Waals surface area contributed by atoms with Crippen molar-refractivity contribution in [2.75, 3.05) is 0 Å². The number of epoxide rings is 1. The van der Waals surface area contributed by atoms with E-state index in [2.05, 4.69) is 0 Å². The number of carbonyl (C=O) groups is 2. The zero-order valence-electron chi connectivity index (χ0n) is 8.26. The molecule has 5 rings (SSSR count). The van der Waals surface area contributed by atoms with Crippen molar-refractivity contribution in [3.63, 3.8) is 0 Å². The number of carbonyl (C=O) groups excluding carboxylic acids is 2. The first kappa shape index (κ1) is 8.22. The smallest absolute Gasteiger partial charge is 0.160 e. The van der Waals surface area contributed by atoms with E-state index in [-0.39, 0.29) is 23.4 Å². The molecule has 2 unspecified atom stereocenters. The Bertz CT molecular complexity index is 362. The van der Waals surface area contributed by atoms with Gasteiger partial charge in [-0.3, -0.25) is 9.59 Å². The molecule has 3 heteroatoms. The highest BCUT2D eigenvalue weighted by Crippen LogP contribution is 2.59. The van der Waals surface area contributed by atoms with Crippen molar-refractivity contribution in [1.82, 2.24) is 0 Å². The summed E-state index contributed by atoms with van der Waals surface area (Å²) in [4.78, 5) is 23.7. The second kappa shape index (κ2) is 2.40. The second-order valence-corrected chi connectivity index (χ2v) is 5.16. The SMILES string of the molecule is O=C1C=CC(=O)C2C1[C@H]1CC[C@@H]2[C@@H]2O[C@@H]21. The maximum absolute atomic E-state index is 11.8. The lowest BCUT2D eigenvalue weighted by atomic mass is 9.55. The van der Waals surface area contributed by atoms with Crippen molar-refractivity contribution in [3.05, 3.63) is 12.2 Å². The highest BCUT2D eigenvalue weighted by molar-refractivity contribution is 6.07. The minimum absolute atomic E-state index is 0.0509. The summed E-state index contributed by atoms with van der Waals surface area (Å²) in [5, 5.41) is 0. The molecule has 0 aromatic heterocycles. The number of hydrogen-bond acceptors (Lipinski definition) is 3. The topological polar surface area (TPSA) is 46.7 Å². The summed E-state index contributed by atoms with van der Waals surface area (Å²) < 4.78 is 5.62. The van der Waals surface area contributed by atoms with E-state index in [0.29, 0.717) is 24.0 Å². The van der Waals surface area contributed by atoms with Gasteiger partial charge in [0.15, 0.2) is 11.6 Å². The molecule has 0 aromatic carbocycles. The molecule has 4 aliphatic carbocycles. The van der Waals surface area contributed by atoms with Crippen molar-refractivity contribution in [2.45, 2.75) is 25.0 Å². The number of allylic oxidation sites excluding steroid dienone is 2. The van der Waals surface area contributed by atoms with Crippen LogP contribution in [0.2, 0.25) is 0 Å². The van der Waals surface area contributed by atoms with Gasteiger partial charge in [-0.05, 0) is 36.8 Å². The summed E-state index contributed by atoms with van der Waals surface area (Å²) in [6, 6.07) is 0. The van der Waals surface area contributed by atoms with E-state index >= 15 is 0 Å². The third-order valence-corrected chi connectivity index (χ3v) is 4.62. The lowest BCUT2D eigenvalue weighted by molar-refractivity contribution is -0.137. The summed E-state index contributed by atoms with van der Waals surface area (Å²) in [6.45, 7) is 0. The summed E-state index contributed by atoms with van der Waals surface area (Å²) >= 11 is 0. The van der Waals surface area contributed by atoms with E-state index in [4.69, 9.17) is 4.74 Å². The van der Waals surface area contributed by atoms with Gasteiger partial charge in [0.05, 0.1) is 12.2 Å². The van der Waals surface area contributed by atoms with E-state index in [0.717, 1.165) is 12.8 Å². The molecule has 2 bridgehead atoms. The quantitative estimate of drug-likeness (QED) is 0.546. The number of rotatable bonds is 0. The minimum Gasteiger partial charge on any atom is -0.369 e. The molecule has 0 spiro atoms. The van der Waals surface area contributed by atoms with Crippen LogP contribution < -0.4 is 0 Å². The van der Waals surface area contributed by atoms with Crippen LogP contribution in [0.5, 0.6) is 0 Å². The van der Waals surface area contributed by atoms with Crippen LogP contribution in [-0.2, 0) is 14.3 Å². The van der Waals surface area contributed by atoms with Crippen molar-refractivity contribution in [1.29, 1.82) is 0 Å². The molecule has 1 heterocycles. The number of ether oxygens (including phenoxy) is 1. The van der Waals surface area contributed by atoms with Gasteiger partial charge in [0.2, 0.25) is 0 Å². The zero-order valence-corrected chi connectivity index (χ0v) is 8.26. The Hall–Kier alpha value is -0.960. The van der Waals surface area contributed by atoms with Gasteiger partial charge < -0.3 is 4.74 Å². The Kier molecular flexibility index (Phi) is 1.32. The molecule has 0 aromatic rings. The lowest BCUT2D eigenvalue weighted by Gasteiger charge is -2.45.